The summed E-state index contributed by atoms with van der Waals surface area (Å²) >= 11 is 0. The molecule has 0 bridgehead atoms. The van der Waals surface area contributed by atoms with Gasteiger partial charge in [-0.2, -0.15) is 4.58 Å². The van der Waals surface area contributed by atoms with Crippen molar-refractivity contribution in [2.45, 2.75) is 38.5 Å². The van der Waals surface area contributed by atoms with Gasteiger partial charge in [0.05, 0.1) is 5.41 Å². The van der Waals surface area contributed by atoms with Gasteiger partial charge in [0.15, 0.2) is 12.8 Å². The van der Waals surface area contributed by atoms with E-state index in [2.05, 4.69) is 48.9 Å². The number of rotatable bonds is 9. The van der Waals surface area contributed by atoms with Crippen molar-refractivity contribution in [3.05, 3.63) is 60.2 Å². The molecule has 1 heterocycles. The number of hydrogen-bond acceptors (Lipinski definition) is 3. The van der Waals surface area contributed by atoms with Crippen molar-refractivity contribution < 1.29 is 18.8 Å². The van der Waals surface area contributed by atoms with Crippen LogP contribution in [0.15, 0.2) is 54.6 Å². The number of nitrogens with zero attached hydrogens (tertiary/aromatic N) is 1. The Morgan fingerprint density at radius 3 is 2.52 bits per heavy atom. The predicted molar refractivity (Wildman–Crippen MR) is 107 cm³/mol. The Morgan fingerprint density at radius 2 is 1.70 bits per heavy atom. The summed E-state index contributed by atoms with van der Waals surface area (Å²) < 4.78 is 13.3. The summed E-state index contributed by atoms with van der Waals surface area (Å²) in [5.41, 5.74) is 2.70. The lowest BCUT2D eigenvalue weighted by atomic mass is 9.87. The Labute approximate surface area is 161 Å². The van der Waals surface area contributed by atoms with Gasteiger partial charge in [-0.1, -0.05) is 36.4 Å². The summed E-state index contributed by atoms with van der Waals surface area (Å²) in [5.74, 6) is 0.413. The molecule has 0 aliphatic carbocycles. The first-order chi connectivity index (χ1) is 13.1. The SMILES string of the molecule is CC1(C)C=[N+](CCOCCCCC(=O)Oc2ccccc2)c2ccccc21. The third-order valence-electron chi connectivity index (χ3n) is 4.76. The van der Waals surface area contributed by atoms with Gasteiger partial charge >= 0.3 is 5.97 Å². The zero-order chi connectivity index (χ0) is 19.1. The molecular formula is C23H28NO3+. The van der Waals surface area contributed by atoms with Gasteiger partial charge in [0, 0.05) is 24.7 Å². The van der Waals surface area contributed by atoms with Crippen LogP contribution in [-0.4, -0.2) is 36.5 Å². The van der Waals surface area contributed by atoms with Gasteiger partial charge < -0.3 is 9.47 Å². The fraction of sp³-hybridized carbons (Fsp3) is 0.391. The Morgan fingerprint density at radius 1 is 0.963 bits per heavy atom. The van der Waals surface area contributed by atoms with Crippen LogP contribution in [0.5, 0.6) is 5.75 Å². The molecule has 0 N–H and O–H groups in total. The molecule has 3 rings (SSSR count). The predicted octanol–water partition coefficient (Wildman–Crippen LogP) is 4.49. The number of hydrogen-bond donors (Lipinski definition) is 0. The summed E-state index contributed by atoms with van der Waals surface area (Å²) in [6.07, 6.45) is 4.33. The van der Waals surface area contributed by atoms with Gasteiger partial charge in [-0.15, -0.1) is 0 Å². The normalized spacial score (nSPS) is 14.5. The zero-order valence-electron chi connectivity index (χ0n) is 16.2. The Hall–Kier alpha value is -2.46. The van der Waals surface area contributed by atoms with E-state index >= 15 is 0 Å². The minimum Gasteiger partial charge on any atom is -0.427 e. The summed E-state index contributed by atoms with van der Waals surface area (Å²) in [6, 6.07) is 17.7. The van der Waals surface area contributed by atoms with E-state index < -0.39 is 0 Å². The number of carbonyl (C=O) groups is 1. The third kappa shape index (κ3) is 5.27. The number of ether oxygens (including phenoxy) is 2. The number of unbranched alkanes of at least 4 members (excludes halogenated alkanes) is 1. The highest BCUT2D eigenvalue weighted by molar-refractivity contribution is 5.76. The summed E-state index contributed by atoms with van der Waals surface area (Å²) in [7, 11) is 0. The molecule has 4 heteroatoms. The summed E-state index contributed by atoms with van der Waals surface area (Å²) in [6.45, 7) is 6.66. The average Bonchev–Trinajstić information content (AvgIpc) is 2.92. The van der Waals surface area contributed by atoms with Crippen LogP contribution in [0.4, 0.5) is 5.69 Å². The van der Waals surface area contributed by atoms with E-state index in [1.54, 1.807) is 12.1 Å². The molecule has 0 spiro atoms. The van der Waals surface area contributed by atoms with Crippen LogP contribution in [0.25, 0.3) is 0 Å². The van der Waals surface area contributed by atoms with Crippen LogP contribution in [0.2, 0.25) is 0 Å². The molecule has 1 aliphatic heterocycles. The molecule has 0 unspecified atom stereocenters. The second-order valence-electron chi connectivity index (χ2n) is 7.42. The first-order valence-corrected chi connectivity index (χ1v) is 9.62. The van der Waals surface area contributed by atoms with Crippen LogP contribution in [-0.2, 0) is 14.9 Å². The monoisotopic (exact) mass is 366 g/mol. The van der Waals surface area contributed by atoms with Crippen molar-refractivity contribution in [3.63, 3.8) is 0 Å². The Bertz CT molecular complexity index is 796. The van der Waals surface area contributed by atoms with E-state index in [0.29, 0.717) is 25.4 Å². The molecule has 142 valence electrons. The fourth-order valence-corrected chi connectivity index (χ4v) is 3.39. The lowest BCUT2D eigenvalue weighted by molar-refractivity contribution is -0.438. The van der Waals surface area contributed by atoms with Crippen LogP contribution in [0.3, 0.4) is 0 Å². The molecule has 0 radical (unpaired) electrons. The molecule has 2 aromatic carbocycles. The maximum atomic E-state index is 11.8. The highest BCUT2D eigenvalue weighted by Gasteiger charge is 2.36. The maximum Gasteiger partial charge on any atom is 0.311 e. The number of fused-ring (bicyclic) bond motifs is 1. The van der Waals surface area contributed by atoms with Gasteiger partial charge in [0.1, 0.15) is 12.4 Å². The van der Waals surface area contributed by atoms with Crippen molar-refractivity contribution in [3.8, 4) is 5.75 Å². The van der Waals surface area contributed by atoms with E-state index in [-0.39, 0.29) is 11.4 Å². The largest absolute Gasteiger partial charge is 0.427 e. The van der Waals surface area contributed by atoms with Gasteiger partial charge in [-0.25, -0.2) is 0 Å². The van der Waals surface area contributed by atoms with Crippen molar-refractivity contribution in [1.29, 1.82) is 0 Å². The molecule has 0 amide bonds. The number of esters is 1. The zero-order valence-corrected chi connectivity index (χ0v) is 16.2. The topological polar surface area (TPSA) is 38.5 Å². The highest BCUT2D eigenvalue weighted by atomic mass is 16.5. The molecular weight excluding hydrogens is 338 g/mol. The number of para-hydroxylation sites is 2. The van der Waals surface area contributed by atoms with E-state index in [0.717, 1.165) is 19.4 Å². The minimum atomic E-state index is -0.188. The quantitative estimate of drug-likeness (QED) is 0.284. The molecule has 1 aliphatic rings. The van der Waals surface area contributed by atoms with Gasteiger partial charge in [-0.3, -0.25) is 4.79 Å². The number of benzene rings is 2. The van der Waals surface area contributed by atoms with Crippen LogP contribution >= 0.6 is 0 Å². The lowest BCUT2D eigenvalue weighted by Gasteiger charge is -2.09. The molecule has 0 saturated carbocycles. The Kier molecular flexibility index (Phi) is 6.40. The fourth-order valence-electron chi connectivity index (χ4n) is 3.39. The van der Waals surface area contributed by atoms with E-state index in [1.807, 2.05) is 18.2 Å². The van der Waals surface area contributed by atoms with E-state index in [4.69, 9.17) is 9.47 Å². The highest BCUT2D eigenvalue weighted by Crippen LogP contribution is 2.35. The molecule has 0 fully saturated rings. The van der Waals surface area contributed by atoms with Crippen molar-refractivity contribution >= 4 is 17.9 Å². The summed E-state index contributed by atoms with van der Waals surface area (Å²) in [5, 5.41) is 0. The smallest absolute Gasteiger partial charge is 0.311 e. The maximum absolute atomic E-state index is 11.8. The van der Waals surface area contributed by atoms with E-state index in [9.17, 15) is 4.79 Å². The molecule has 2 aromatic rings. The second-order valence-corrected chi connectivity index (χ2v) is 7.42. The van der Waals surface area contributed by atoms with Crippen molar-refractivity contribution in [2.24, 2.45) is 0 Å². The first-order valence-electron chi connectivity index (χ1n) is 9.62. The van der Waals surface area contributed by atoms with Crippen LogP contribution < -0.4 is 4.74 Å². The minimum absolute atomic E-state index is 0.0652. The lowest BCUT2D eigenvalue weighted by Crippen LogP contribution is -2.18. The van der Waals surface area contributed by atoms with E-state index in [1.165, 1.54) is 11.3 Å². The molecule has 0 atom stereocenters. The van der Waals surface area contributed by atoms with Gasteiger partial charge in [0.2, 0.25) is 5.69 Å². The molecule has 27 heavy (non-hydrogen) atoms. The first kappa shape index (κ1) is 19.3. The molecule has 4 nitrogen and oxygen atoms in total. The average molecular weight is 366 g/mol. The van der Waals surface area contributed by atoms with Crippen LogP contribution in [0.1, 0.15) is 38.7 Å². The Balaban J connectivity index is 1.31. The second kappa shape index (κ2) is 8.96. The molecule has 0 aromatic heterocycles. The summed E-state index contributed by atoms with van der Waals surface area (Å²) in [4.78, 5) is 11.8. The van der Waals surface area contributed by atoms with Gasteiger partial charge in [-0.05, 0) is 38.8 Å². The number of carbonyl (C=O) groups excluding carboxylic acids is 1. The van der Waals surface area contributed by atoms with Crippen molar-refractivity contribution in [1.82, 2.24) is 0 Å². The molecule has 0 saturated heterocycles. The third-order valence-corrected chi connectivity index (χ3v) is 4.76. The van der Waals surface area contributed by atoms with Crippen molar-refractivity contribution in [2.75, 3.05) is 19.8 Å². The van der Waals surface area contributed by atoms with Gasteiger partial charge in [0.25, 0.3) is 0 Å². The standard InChI is InChI=1S/C23H28NO3/c1-23(2)18-24(21-13-7-6-12-20(21)23)15-17-26-16-9-8-14-22(25)27-19-10-4-3-5-11-19/h3-7,10-13,18H,8-9,14-17H2,1-2H3/q+1. The van der Waals surface area contributed by atoms with Crippen LogP contribution in [0, 0.1) is 0 Å².